The molecule has 2 aliphatic rings. The van der Waals surface area contributed by atoms with Crippen LogP contribution >= 0.6 is 0 Å². The summed E-state index contributed by atoms with van der Waals surface area (Å²) in [4.78, 5) is 43.2. The number of urea groups is 1. The van der Waals surface area contributed by atoms with Crippen molar-refractivity contribution in [3.63, 3.8) is 0 Å². The highest BCUT2D eigenvalue weighted by molar-refractivity contribution is 5.97. The maximum absolute atomic E-state index is 12.6. The Labute approximate surface area is 193 Å². The summed E-state index contributed by atoms with van der Waals surface area (Å²) in [5.74, 6) is -0.207. The first-order valence-corrected chi connectivity index (χ1v) is 11.2. The molecule has 33 heavy (non-hydrogen) atoms. The van der Waals surface area contributed by atoms with Gasteiger partial charge in [-0.2, -0.15) is 0 Å². The summed E-state index contributed by atoms with van der Waals surface area (Å²) in [5.41, 5.74) is 2.15. The lowest BCUT2D eigenvalue weighted by atomic mass is 10.1. The highest BCUT2D eigenvalue weighted by atomic mass is 16.5. The number of anilines is 2. The predicted molar refractivity (Wildman–Crippen MR) is 125 cm³/mol. The Balaban J connectivity index is 1.22. The van der Waals surface area contributed by atoms with Crippen LogP contribution in [0.1, 0.15) is 10.4 Å². The fourth-order valence-electron chi connectivity index (χ4n) is 3.97. The molecular formula is C24H29N5O4. The van der Waals surface area contributed by atoms with Gasteiger partial charge in [0.25, 0.3) is 5.91 Å². The molecule has 9 heteroatoms. The first kappa shape index (κ1) is 22.6. The summed E-state index contributed by atoms with van der Waals surface area (Å²) < 4.78 is 5.29. The predicted octanol–water partition coefficient (Wildman–Crippen LogP) is 1.63. The van der Waals surface area contributed by atoms with Crippen molar-refractivity contribution in [2.45, 2.75) is 0 Å². The van der Waals surface area contributed by atoms with E-state index in [4.69, 9.17) is 4.74 Å². The standard InChI is InChI=1S/C24H29N5O4/c30-22(28-11-9-27(10-12-28)21-7-2-1-3-8-21)18-25-24(32)26-20-6-4-5-19(17-20)23(31)29-13-15-33-16-14-29/h1-8,17H,9-16,18H2,(H2,25,26,32). The second kappa shape index (κ2) is 10.8. The number of carbonyl (C=O) groups excluding carboxylic acids is 3. The monoisotopic (exact) mass is 451 g/mol. The van der Waals surface area contributed by atoms with E-state index in [2.05, 4.69) is 27.7 Å². The summed E-state index contributed by atoms with van der Waals surface area (Å²) in [7, 11) is 0. The van der Waals surface area contributed by atoms with Gasteiger partial charge in [0.15, 0.2) is 0 Å². The van der Waals surface area contributed by atoms with Gasteiger partial charge < -0.3 is 30.1 Å². The summed E-state index contributed by atoms with van der Waals surface area (Å²) in [6, 6.07) is 16.4. The molecule has 2 aliphatic heterocycles. The van der Waals surface area contributed by atoms with E-state index >= 15 is 0 Å². The van der Waals surface area contributed by atoms with Gasteiger partial charge in [-0.3, -0.25) is 9.59 Å². The molecule has 2 N–H and O–H groups in total. The fourth-order valence-corrected chi connectivity index (χ4v) is 3.97. The molecule has 2 aromatic rings. The van der Waals surface area contributed by atoms with E-state index < -0.39 is 6.03 Å². The average Bonchev–Trinajstić information content (AvgIpc) is 2.88. The number of hydrogen-bond donors (Lipinski definition) is 2. The zero-order valence-corrected chi connectivity index (χ0v) is 18.5. The molecule has 4 rings (SSSR count). The van der Waals surface area contributed by atoms with E-state index in [9.17, 15) is 14.4 Å². The summed E-state index contributed by atoms with van der Waals surface area (Å²) in [6.07, 6.45) is 0. The first-order chi connectivity index (χ1) is 16.1. The normalized spacial score (nSPS) is 16.3. The molecule has 0 radical (unpaired) electrons. The van der Waals surface area contributed by atoms with Gasteiger partial charge in [-0.1, -0.05) is 24.3 Å². The molecule has 0 aliphatic carbocycles. The summed E-state index contributed by atoms with van der Waals surface area (Å²) in [6.45, 7) is 4.83. The zero-order valence-electron chi connectivity index (χ0n) is 18.5. The van der Waals surface area contributed by atoms with Crippen LogP contribution < -0.4 is 15.5 Å². The molecule has 2 fully saturated rings. The van der Waals surface area contributed by atoms with Crippen molar-refractivity contribution in [1.29, 1.82) is 0 Å². The van der Waals surface area contributed by atoms with Gasteiger partial charge in [0.2, 0.25) is 5.91 Å². The highest BCUT2D eigenvalue weighted by Crippen LogP contribution is 2.16. The maximum atomic E-state index is 12.6. The molecular weight excluding hydrogens is 422 g/mol. The second-order valence-corrected chi connectivity index (χ2v) is 8.00. The number of amides is 4. The van der Waals surface area contributed by atoms with Crippen molar-refractivity contribution in [2.24, 2.45) is 0 Å². The van der Waals surface area contributed by atoms with Crippen molar-refractivity contribution in [2.75, 3.05) is 69.2 Å². The number of carbonyl (C=O) groups is 3. The lowest BCUT2D eigenvalue weighted by Crippen LogP contribution is -2.51. The number of morpholine rings is 1. The van der Waals surface area contributed by atoms with Crippen LogP contribution in [0.15, 0.2) is 54.6 Å². The lowest BCUT2D eigenvalue weighted by molar-refractivity contribution is -0.130. The Hall–Kier alpha value is -3.59. The van der Waals surface area contributed by atoms with Crippen LogP contribution in [0.4, 0.5) is 16.2 Å². The number of rotatable bonds is 5. The highest BCUT2D eigenvalue weighted by Gasteiger charge is 2.22. The molecule has 0 saturated carbocycles. The molecule has 4 amide bonds. The molecule has 0 bridgehead atoms. The Bertz CT molecular complexity index is 970. The van der Waals surface area contributed by atoms with Crippen LogP contribution in [0.25, 0.3) is 0 Å². The number of hydrogen-bond acceptors (Lipinski definition) is 5. The minimum Gasteiger partial charge on any atom is -0.378 e. The van der Waals surface area contributed by atoms with Crippen molar-refractivity contribution in [1.82, 2.24) is 15.1 Å². The van der Waals surface area contributed by atoms with Gasteiger partial charge in [-0.15, -0.1) is 0 Å². The number of ether oxygens (including phenoxy) is 1. The number of nitrogens with zero attached hydrogens (tertiary/aromatic N) is 3. The Morgan fingerprint density at radius 2 is 1.55 bits per heavy atom. The zero-order chi connectivity index (χ0) is 23.0. The van der Waals surface area contributed by atoms with Gasteiger partial charge in [-0.25, -0.2) is 4.79 Å². The number of nitrogens with one attached hydrogen (secondary N) is 2. The quantitative estimate of drug-likeness (QED) is 0.721. The maximum Gasteiger partial charge on any atom is 0.319 e. The topological polar surface area (TPSA) is 94.2 Å². The second-order valence-electron chi connectivity index (χ2n) is 8.00. The van der Waals surface area contributed by atoms with Crippen molar-refractivity contribution in [3.05, 3.63) is 60.2 Å². The molecule has 0 aromatic heterocycles. The van der Waals surface area contributed by atoms with Crippen LogP contribution in [0, 0.1) is 0 Å². The summed E-state index contributed by atoms with van der Waals surface area (Å²) in [5, 5.41) is 5.32. The van der Waals surface area contributed by atoms with Crippen LogP contribution in [-0.4, -0.2) is 86.7 Å². The van der Waals surface area contributed by atoms with E-state index in [0.717, 1.165) is 18.8 Å². The SMILES string of the molecule is O=C(NCC(=O)N1CCN(c2ccccc2)CC1)Nc1cccc(C(=O)N2CCOCC2)c1. The number of benzene rings is 2. The van der Waals surface area contributed by atoms with Gasteiger partial charge in [0.05, 0.1) is 19.8 Å². The van der Waals surface area contributed by atoms with Gasteiger partial charge in [0.1, 0.15) is 0 Å². The van der Waals surface area contributed by atoms with Gasteiger partial charge >= 0.3 is 6.03 Å². The molecule has 9 nitrogen and oxygen atoms in total. The Morgan fingerprint density at radius 3 is 2.27 bits per heavy atom. The Kier molecular flexibility index (Phi) is 7.41. The minimum absolute atomic E-state index is 0.0798. The van der Waals surface area contributed by atoms with E-state index in [1.165, 1.54) is 0 Å². The molecule has 0 unspecified atom stereocenters. The molecule has 174 valence electrons. The van der Waals surface area contributed by atoms with Crippen LogP contribution in [0.3, 0.4) is 0 Å². The molecule has 0 spiro atoms. The van der Waals surface area contributed by atoms with E-state index in [1.807, 2.05) is 18.2 Å². The molecule has 2 aromatic carbocycles. The van der Waals surface area contributed by atoms with Gasteiger partial charge in [-0.05, 0) is 30.3 Å². The fraction of sp³-hybridized carbons (Fsp3) is 0.375. The largest absolute Gasteiger partial charge is 0.378 e. The minimum atomic E-state index is -0.484. The van der Waals surface area contributed by atoms with Crippen molar-refractivity contribution >= 4 is 29.2 Å². The van der Waals surface area contributed by atoms with E-state index in [1.54, 1.807) is 34.1 Å². The van der Waals surface area contributed by atoms with Crippen molar-refractivity contribution < 1.29 is 19.1 Å². The smallest absolute Gasteiger partial charge is 0.319 e. The molecule has 2 saturated heterocycles. The molecule has 2 heterocycles. The lowest BCUT2D eigenvalue weighted by Gasteiger charge is -2.36. The van der Waals surface area contributed by atoms with Gasteiger partial charge in [0, 0.05) is 56.2 Å². The average molecular weight is 452 g/mol. The van der Waals surface area contributed by atoms with Crippen LogP contribution in [-0.2, 0) is 9.53 Å². The first-order valence-electron chi connectivity index (χ1n) is 11.2. The third kappa shape index (κ3) is 6.01. The number of piperazine rings is 1. The number of para-hydroxylation sites is 1. The Morgan fingerprint density at radius 1 is 0.818 bits per heavy atom. The third-order valence-electron chi connectivity index (χ3n) is 5.82. The summed E-state index contributed by atoms with van der Waals surface area (Å²) >= 11 is 0. The third-order valence-corrected chi connectivity index (χ3v) is 5.82. The van der Waals surface area contributed by atoms with Crippen LogP contribution in [0.5, 0.6) is 0 Å². The van der Waals surface area contributed by atoms with E-state index in [-0.39, 0.29) is 18.4 Å². The van der Waals surface area contributed by atoms with E-state index in [0.29, 0.717) is 50.6 Å². The molecule has 0 atom stereocenters. The van der Waals surface area contributed by atoms with Crippen LogP contribution in [0.2, 0.25) is 0 Å². The van der Waals surface area contributed by atoms with Crippen molar-refractivity contribution in [3.8, 4) is 0 Å².